The van der Waals surface area contributed by atoms with Gasteiger partial charge in [0.1, 0.15) is 6.04 Å². The third-order valence-electron chi connectivity index (χ3n) is 3.54. The lowest BCUT2D eigenvalue weighted by atomic mass is 10.3. The van der Waals surface area contributed by atoms with Crippen molar-refractivity contribution in [1.82, 2.24) is 24.0 Å². The average Bonchev–Trinajstić information content (AvgIpc) is 2.92. The molecule has 2 N–H and O–H groups in total. The normalized spacial score (nSPS) is 12.3. The van der Waals surface area contributed by atoms with E-state index in [1.807, 2.05) is 0 Å². The fourth-order valence-electron chi connectivity index (χ4n) is 2.16. The molecule has 10 heteroatoms. The molecule has 10 nitrogen and oxygen atoms in total. The van der Waals surface area contributed by atoms with Crippen LogP contribution < -0.4 is 16.6 Å². The van der Waals surface area contributed by atoms with Gasteiger partial charge in [0.15, 0.2) is 11.2 Å². The molecule has 0 saturated heterocycles. The summed E-state index contributed by atoms with van der Waals surface area (Å²) in [5.74, 6) is -1.58. The quantitative estimate of drug-likeness (QED) is 0.683. The molecule has 0 aliphatic heterocycles. The molecule has 0 spiro atoms. The number of fused-ring (bicyclic) bond motifs is 1. The van der Waals surface area contributed by atoms with Crippen molar-refractivity contribution in [3.8, 4) is 0 Å². The first-order valence-electron chi connectivity index (χ1n) is 6.87. The number of amides is 1. The number of hydrogen-bond donors (Lipinski definition) is 2. The van der Waals surface area contributed by atoms with Crippen LogP contribution in [-0.4, -0.2) is 41.7 Å². The summed E-state index contributed by atoms with van der Waals surface area (Å²) in [6.45, 7) is 1.50. The largest absolute Gasteiger partial charge is 0.480 e. The maximum atomic E-state index is 12.2. The molecule has 2 rings (SSSR count). The van der Waals surface area contributed by atoms with Crippen LogP contribution in [0.5, 0.6) is 0 Å². The second kappa shape index (κ2) is 6.07. The van der Waals surface area contributed by atoms with E-state index in [0.717, 1.165) is 4.57 Å². The summed E-state index contributed by atoms with van der Waals surface area (Å²) in [6.07, 6.45) is 1.36. The molecule has 0 radical (unpaired) electrons. The fraction of sp³-hybridized carbons (Fsp3) is 0.462. The van der Waals surface area contributed by atoms with Gasteiger partial charge in [0.25, 0.3) is 5.56 Å². The van der Waals surface area contributed by atoms with Crippen LogP contribution in [0.25, 0.3) is 11.2 Å². The van der Waals surface area contributed by atoms with Crippen LogP contribution in [0, 0.1) is 0 Å². The molecule has 1 amide bonds. The summed E-state index contributed by atoms with van der Waals surface area (Å²) in [6, 6.07) is -0.990. The van der Waals surface area contributed by atoms with Gasteiger partial charge in [0.2, 0.25) is 5.91 Å². The molecular formula is C13H17N5O5. The summed E-state index contributed by atoms with van der Waals surface area (Å²) in [5.41, 5.74) is -0.535. The van der Waals surface area contributed by atoms with Crippen molar-refractivity contribution >= 4 is 23.0 Å². The fourth-order valence-corrected chi connectivity index (χ4v) is 2.16. The number of carboxylic acids is 1. The lowest BCUT2D eigenvalue weighted by Crippen LogP contribution is -2.39. The molecule has 2 aromatic rings. The molecule has 0 aliphatic carbocycles. The highest BCUT2D eigenvalue weighted by molar-refractivity contribution is 5.83. The number of carbonyl (C=O) groups excluding carboxylic acids is 1. The van der Waals surface area contributed by atoms with Crippen LogP contribution >= 0.6 is 0 Å². The van der Waals surface area contributed by atoms with Crippen molar-refractivity contribution in [2.45, 2.75) is 25.9 Å². The number of rotatable bonds is 5. The number of nitrogens with zero attached hydrogens (tertiary/aromatic N) is 4. The van der Waals surface area contributed by atoms with Gasteiger partial charge in [-0.1, -0.05) is 0 Å². The summed E-state index contributed by atoms with van der Waals surface area (Å²) in [4.78, 5) is 50.5. The Balaban J connectivity index is 2.26. The topological polar surface area (TPSA) is 128 Å². The van der Waals surface area contributed by atoms with Gasteiger partial charge in [0.05, 0.1) is 6.33 Å². The van der Waals surface area contributed by atoms with Gasteiger partial charge in [0, 0.05) is 27.1 Å². The molecule has 2 heterocycles. The number of aromatic nitrogens is 4. The Morgan fingerprint density at radius 3 is 2.57 bits per heavy atom. The van der Waals surface area contributed by atoms with Gasteiger partial charge in [-0.3, -0.25) is 23.5 Å². The molecule has 0 bridgehead atoms. The Morgan fingerprint density at radius 1 is 1.30 bits per heavy atom. The van der Waals surface area contributed by atoms with Crippen molar-refractivity contribution in [2.24, 2.45) is 14.1 Å². The molecule has 0 unspecified atom stereocenters. The number of hydrogen-bond acceptors (Lipinski definition) is 5. The molecule has 0 aliphatic rings. The SMILES string of the molecule is C[C@@H](NC(=O)CCn1cnc2c1c(=O)n(C)c(=O)n2C)C(=O)O. The number of carboxylic acid groups (broad SMARTS) is 1. The number of aliphatic carboxylic acids is 1. The summed E-state index contributed by atoms with van der Waals surface area (Å²) in [5, 5.41) is 11.1. The minimum absolute atomic E-state index is 0.0188. The molecule has 0 saturated carbocycles. The Labute approximate surface area is 130 Å². The minimum Gasteiger partial charge on any atom is -0.480 e. The molecule has 23 heavy (non-hydrogen) atoms. The van der Waals surface area contributed by atoms with E-state index in [9.17, 15) is 19.2 Å². The highest BCUT2D eigenvalue weighted by atomic mass is 16.4. The van der Waals surface area contributed by atoms with E-state index >= 15 is 0 Å². The zero-order valence-corrected chi connectivity index (χ0v) is 12.9. The zero-order chi connectivity index (χ0) is 17.3. The maximum absolute atomic E-state index is 12.2. The predicted octanol–water partition coefficient (Wildman–Crippen LogP) is -1.59. The number of aryl methyl sites for hydroxylation is 2. The highest BCUT2D eigenvalue weighted by Crippen LogP contribution is 2.06. The van der Waals surface area contributed by atoms with Gasteiger partial charge in [-0.05, 0) is 6.92 Å². The molecule has 2 aromatic heterocycles. The van der Waals surface area contributed by atoms with Gasteiger partial charge in [-0.15, -0.1) is 0 Å². The number of nitrogens with one attached hydrogen (secondary N) is 1. The first-order chi connectivity index (χ1) is 10.7. The Morgan fingerprint density at radius 2 is 1.96 bits per heavy atom. The van der Waals surface area contributed by atoms with Crippen molar-refractivity contribution in [1.29, 1.82) is 0 Å². The van der Waals surface area contributed by atoms with Crippen molar-refractivity contribution < 1.29 is 14.7 Å². The van der Waals surface area contributed by atoms with Crippen molar-refractivity contribution in [3.05, 3.63) is 27.2 Å². The Kier molecular flexibility index (Phi) is 4.34. The smallest absolute Gasteiger partial charge is 0.332 e. The van der Waals surface area contributed by atoms with E-state index in [-0.39, 0.29) is 24.1 Å². The summed E-state index contributed by atoms with van der Waals surface area (Å²) in [7, 11) is 2.87. The molecule has 0 fully saturated rings. The first-order valence-corrected chi connectivity index (χ1v) is 6.87. The van der Waals surface area contributed by atoms with Gasteiger partial charge in [-0.25, -0.2) is 9.78 Å². The summed E-state index contributed by atoms with van der Waals surface area (Å²) < 4.78 is 3.69. The second-order valence-electron chi connectivity index (χ2n) is 5.19. The minimum atomic E-state index is -1.13. The lowest BCUT2D eigenvalue weighted by Gasteiger charge is -2.10. The number of imidazole rings is 1. The molecule has 124 valence electrons. The zero-order valence-electron chi connectivity index (χ0n) is 12.9. The molecule has 1 atom stereocenters. The lowest BCUT2D eigenvalue weighted by molar-refractivity contribution is -0.141. The molecule has 0 aromatic carbocycles. The first kappa shape index (κ1) is 16.5. The van der Waals surface area contributed by atoms with E-state index in [0.29, 0.717) is 0 Å². The van der Waals surface area contributed by atoms with Crippen molar-refractivity contribution in [3.63, 3.8) is 0 Å². The van der Waals surface area contributed by atoms with E-state index in [2.05, 4.69) is 10.3 Å². The van der Waals surface area contributed by atoms with Crippen LogP contribution in [-0.2, 0) is 30.2 Å². The number of carbonyl (C=O) groups is 2. The van der Waals surface area contributed by atoms with E-state index in [1.165, 1.54) is 36.5 Å². The Hall–Kier alpha value is -2.91. The third-order valence-corrected chi connectivity index (χ3v) is 3.54. The van der Waals surface area contributed by atoms with E-state index in [1.54, 1.807) is 0 Å². The van der Waals surface area contributed by atoms with Crippen LogP contribution in [0.3, 0.4) is 0 Å². The standard InChI is InChI=1S/C13H17N5O5/c1-7(12(21)22)15-8(19)4-5-18-6-14-10-9(18)11(20)17(3)13(23)16(10)2/h6-7H,4-5H2,1-3H3,(H,15,19)(H,21,22)/t7-/m1/s1. The molecular weight excluding hydrogens is 306 g/mol. The van der Waals surface area contributed by atoms with E-state index in [4.69, 9.17) is 5.11 Å². The maximum Gasteiger partial charge on any atom is 0.332 e. The van der Waals surface area contributed by atoms with Gasteiger partial charge >= 0.3 is 11.7 Å². The highest BCUT2D eigenvalue weighted by Gasteiger charge is 2.16. The van der Waals surface area contributed by atoms with Crippen LogP contribution in [0.15, 0.2) is 15.9 Å². The average molecular weight is 323 g/mol. The van der Waals surface area contributed by atoms with Crippen LogP contribution in [0.4, 0.5) is 0 Å². The van der Waals surface area contributed by atoms with Crippen LogP contribution in [0.2, 0.25) is 0 Å². The Bertz CT molecular complexity index is 891. The van der Waals surface area contributed by atoms with Gasteiger partial charge < -0.3 is 15.0 Å². The predicted molar refractivity (Wildman–Crippen MR) is 80.1 cm³/mol. The van der Waals surface area contributed by atoms with Crippen LogP contribution in [0.1, 0.15) is 13.3 Å². The monoisotopic (exact) mass is 323 g/mol. The second-order valence-corrected chi connectivity index (χ2v) is 5.19. The summed E-state index contributed by atoms with van der Waals surface area (Å²) >= 11 is 0. The van der Waals surface area contributed by atoms with E-state index < -0.39 is 29.2 Å². The third kappa shape index (κ3) is 3.00. The van der Waals surface area contributed by atoms with Gasteiger partial charge in [-0.2, -0.15) is 0 Å². The van der Waals surface area contributed by atoms with Crippen molar-refractivity contribution in [2.75, 3.05) is 0 Å².